The van der Waals surface area contributed by atoms with Crippen LogP contribution in [0.1, 0.15) is 19.4 Å². The first-order chi connectivity index (χ1) is 7.49. The lowest BCUT2D eigenvalue weighted by Gasteiger charge is -2.01. The van der Waals surface area contributed by atoms with E-state index >= 15 is 0 Å². The zero-order chi connectivity index (χ0) is 12.6. The van der Waals surface area contributed by atoms with Crippen LogP contribution in [-0.2, 0) is 4.79 Å². The number of primary amides is 1. The molecule has 2 nitrogen and oxygen atoms in total. The summed E-state index contributed by atoms with van der Waals surface area (Å²) in [6.45, 7) is 10.9. The molecule has 0 aliphatic rings. The summed E-state index contributed by atoms with van der Waals surface area (Å²) in [6, 6.07) is 10.0. The smallest absolute Gasteiger partial charge is 0.244 e. The van der Waals surface area contributed by atoms with Gasteiger partial charge < -0.3 is 5.73 Å². The molecular weight excluding hydrogens is 198 g/mol. The van der Waals surface area contributed by atoms with E-state index in [-0.39, 0.29) is 5.92 Å². The van der Waals surface area contributed by atoms with Crippen molar-refractivity contribution >= 4 is 12.0 Å². The molecule has 0 aliphatic carbocycles. The van der Waals surface area contributed by atoms with Crippen molar-refractivity contribution in [2.45, 2.75) is 13.8 Å². The van der Waals surface area contributed by atoms with Crippen LogP contribution in [0.3, 0.4) is 0 Å². The average molecular weight is 217 g/mol. The fourth-order valence-corrected chi connectivity index (χ4v) is 0.874. The minimum absolute atomic E-state index is 0.174. The molecule has 1 aromatic carbocycles. The number of hydrogen-bond donors (Lipinski definition) is 1. The molecule has 0 radical (unpaired) electrons. The largest absolute Gasteiger partial charge is 0.366 e. The average Bonchev–Trinajstić information content (AvgIpc) is 2.29. The van der Waals surface area contributed by atoms with Crippen LogP contribution in [-0.4, -0.2) is 5.91 Å². The van der Waals surface area contributed by atoms with E-state index in [9.17, 15) is 4.79 Å². The first kappa shape index (κ1) is 14.2. The van der Waals surface area contributed by atoms with Crippen LogP contribution in [0, 0.1) is 5.92 Å². The Morgan fingerprint density at radius 3 is 2.00 bits per heavy atom. The van der Waals surface area contributed by atoms with Gasteiger partial charge in [0.2, 0.25) is 5.91 Å². The molecule has 0 bridgehead atoms. The van der Waals surface area contributed by atoms with Gasteiger partial charge in [0.25, 0.3) is 0 Å². The van der Waals surface area contributed by atoms with Crippen molar-refractivity contribution in [2.24, 2.45) is 11.7 Å². The van der Waals surface area contributed by atoms with Crippen LogP contribution in [0.25, 0.3) is 6.08 Å². The Labute approximate surface area is 97.5 Å². The van der Waals surface area contributed by atoms with Gasteiger partial charge in [0.05, 0.1) is 0 Å². The SMILES string of the molecule is C=C(C(N)=O)C(C)C.C=Cc1ccccc1. The Hall–Kier alpha value is -1.83. The molecule has 1 amide bonds. The monoisotopic (exact) mass is 217 g/mol. The minimum Gasteiger partial charge on any atom is -0.366 e. The van der Waals surface area contributed by atoms with Crippen LogP contribution in [0.2, 0.25) is 0 Å². The van der Waals surface area contributed by atoms with Gasteiger partial charge in [-0.05, 0) is 11.5 Å². The summed E-state index contributed by atoms with van der Waals surface area (Å²) in [5.74, 6) is -0.229. The van der Waals surface area contributed by atoms with Crippen molar-refractivity contribution in [1.29, 1.82) is 0 Å². The molecule has 86 valence electrons. The molecule has 0 atom stereocenters. The Morgan fingerprint density at radius 1 is 1.31 bits per heavy atom. The third-order valence-electron chi connectivity index (χ3n) is 2.05. The van der Waals surface area contributed by atoms with E-state index in [1.54, 1.807) is 0 Å². The number of carbonyl (C=O) groups excluding carboxylic acids is 1. The van der Waals surface area contributed by atoms with Gasteiger partial charge in [-0.25, -0.2) is 0 Å². The van der Waals surface area contributed by atoms with E-state index < -0.39 is 5.91 Å². The maximum atomic E-state index is 10.3. The first-order valence-corrected chi connectivity index (χ1v) is 5.15. The minimum atomic E-state index is -0.403. The predicted molar refractivity (Wildman–Crippen MR) is 69.7 cm³/mol. The Bertz CT molecular complexity index is 352. The number of carbonyl (C=O) groups is 1. The van der Waals surface area contributed by atoms with Gasteiger partial charge >= 0.3 is 0 Å². The molecule has 0 aliphatic heterocycles. The third kappa shape index (κ3) is 5.81. The van der Waals surface area contributed by atoms with E-state index in [0.29, 0.717) is 5.57 Å². The number of amides is 1. The molecule has 1 rings (SSSR count). The zero-order valence-corrected chi connectivity index (χ0v) is 9.94. The van der Waals surface area contributed by atoms with Crippen molar-refractivity contribution < 1.29 is 4.79 Å². The molecule has 0 heterocycles. The second-order valence-electron chi connectivity index (χ2n) is 3.66. The normalized spacial score (nSPS) is 8.94. The summed E-state index contributed by atoms with van der Waals surface area (Å²) in [5.41, 5.74) is 6.56. The second kappa shape index (κ2) is 7.46. The van der Waals surface area contributed by atoms with Crippen LogP contribution in [0.5, 0.6) is 0 Å². The molecule has 0 aromatic heterocycles. The lowest BCUT2D eigenvalue weighted by molar-refractivity contribution is -0.114. The predicted octanol–water partition coefficient (Wildman–Crippen LogP) is 3.01. The quantitative estimate of drug-likeness (QED) is 0.777. The molecule has 0 unspecified atom stereocenters. The first-order valence-electron chi connectivity index (χ1n) is 5.15. The van der Waals surface area contributed by atoms with Gasteiger partial charge in [0.1, 0.15) is 0 Å². The maximum Gasteiger partial charge on any atom is 0.244 e. The summed E-state index contributed by atoms with van der Waals surface area (Å²) < 4.78 is 0. The molecule has 2 N–H and O–H groups in total. The fourth-order valence-electron chi connectivity index (χ4n) is 0.874. The van der Waals surface area contributed by atoms with Gasteiger partial charge in [-0.3, -0.25) is 4.79 Å². The molecule has 2 heteroatoms. The molecule has 1 aromatic rings. The van der Waals surface area contributed by atoms with Crippen molar-refractivity contribution in [3.63, 3.8) is 0 Å². The van der Waals surface area contributed by atoms with Crippen LogP contribution < -0.4 is 5.73 Å². The summed E-state index contributed by atoms with van der Waals surface area (Å²) in [5, 5.41) is 0. The highest BCUT2D eigenvalue weighted by atomic mass is 16.1. The lowest BCUT2D eigenvalue weighted by Crippen LogP contribution is -2.16. The van der Waals surface area contributed by atoms with Gasteiger partial charge in [0, 0.05) is 5.57 Å². The number of rotatable bonds is 3. The van der Waals surface area contributed by atoms with Crippen molar-refractivity contribution in [1.82, 2.24) is 0 Å². The topological polar surface area (TPSA) is 43.1 Å². The van der Waals surface area contributed by atoms with Gasteiger partial charge in [-0.2, -0.15) is 0 Å². The van der Waals surface area contributed by atoms with Crippen LogP contribution >= 0.6 is 0 Å². The Balaban J connectivity index is 0.000000281. The second-order valence-corrected chi connectivity index (χ2v) is 3.66. The highest BCUT2D eigenvalue weighted by Crippen LogP contribution is 2.03. The van der Waals surface area contributed by atoms with Crippen molar-refractivity contribution in [2.75, 3.05) is 0 Å². The molecule has 16 heavy (non-hydrogen) atoms. The lowest BCUT2D eigenvalue weighted by atomic mass is 10.1. The van der Waals surface area contributed by atoms with Gasteiger partial charge in [-0.15, -0.1) is 0 Å². The standard InChI is InChI=1S/C8H8.C6H11NO/c1-2-8-6-4-3-5-7-8;1-4(2)5(3)6(7)8/h2-7H,1H2;4H,3H2,1-2H3,(H2,7,8). The van der Waals surface area contributed by atoms with E-state index in [1.165, 1.54) is 5.56 Å². The van der Waals surface area contributed by atoms with Crippen LogP contribution in [0.15, 0.2) is 49.1 Å². The molecule has 0 saturated carbocycles. The molecule has 0 saturated heterocycles. The van der Waals surface area contributed by atoms with E-state index in [0.717, 1.165) is 0 Å². The van der Waals surface area contributed by atoms with Crippen molar-refractivity contribution in [3.8, 4) is 0 Å². The summed E-state index contributed by atoms with van der Waals surface area (Å²) in [4.78, 5) is 10.3. The zero-order valence-electron chi connectivity index (χ0n) is 9.94. The van der Waals surface area contributed by atoms with Gasteiger partial charge in [0.15, 0.2) is 0 Å². The molecule has 0 fully saturated rings. The summed E-state index contributed by atoms with van der Waals surface area (Å²) in [7, 11) is 0. The maximum absolute atomic E-state index is 10.3. The fraction of sp³-hybridized carbons (Fsp3) is 0.214. The van der Waals surface area contributed by atoms with E-state index in [4.69, 9.17) is 5.73 Å². The number of benzene rings is 1. The van der Waals surface area contributed by atoms with Gasteiger partial charge in [-0.1, -0.05) is 63.4 Å². The molecule has 0 spiro atoms. The Morgan fingerprint density at radius 2 is 1.81 bits per heavy atom. The number of hydrogen-bond acceptors (Lipinski definition) is 1. The summed E-state index contributed by atoms with van der Waals surface area (Å²) in [6.07, 6.45) is 1.83. The van der Waals surface area contributed by atoms with E-state index in [1.807, 2.05) is 50.3 Å². The third-order valence-corrected chi connectivity index (χ3v) is 2.05. The number of nitrogens with two attached hydrogens (primary N) is 1. The highest BCUT2D eigenvalue weighted by molar-refractivity contribution is 5.91. The van der Waals surface area contributed by atoms with Crippen LogP contribution in [0.4, 0.5) is 0 Å². The molecular formula is C14H19NO. The Kier molecular flexibility index (Phi) is 6.61. The van der Waals surface area contributed by atoms with E-state index in [2.05, 4.69) is 13.2 Å². The van der Waals surface area contributed by atoms with Crippen molar-refractivity contribution in [3.05, 3.63) is 54.6 Å². The highest BCUT2D eigenvalue weighted by Gasteiger charge is 2.03. The summed E-state index contributed by atoms with van der Waals surface area (Å²) >= 11 is 0.